The molecule has 0 saturated heterocycles. The number of pyridine rings is 1. The molecular formula is C11H15N3O. The van der Waals surface area contributed by atoms with E-state index in [2.05, 4.69) is 9.97 Å². The second-order valence-corrected chi connectivity index (χ2v) is 3.64. The minimum Gasteiger partial charge on any atom is -0.465 e. The fourth-order valence-electron chi connectivity index (χ4n) is 1.70. The van der Waals surface area contributed by atoms with Crippen molar-refractivity contribution in [3.8, 4) is 6.01 Å². The van der Waals surface area contributed by atoms with E-state index in [0.717, 1.165) is 22.4 Å². The molecule has 0 aromatic carbocycles. The van der Waals surface area contributed by atoms with Crippen molar-refractivity contribution in [1.82, 2.24) is 14.5 Å². The molecule has 0 atom stereocenters. The molecular weight excluding hydrogens is 190 g/mol. The van der Waals surface area contributed by atoms with Crippen molar-refractivity contribution in [3.63, 3.8) is 0 Å². The van der Waals surface area contributed by atoms with Crippen LogP contribution in [-0.4, -0.2) is 21.1 Å². The predicted octanol–water partition coefficient (Wildman–Crippen LogP) is 1.98. The minimum atomic E-state index is 0.620. The van der Waals surface area contributed by atoms with Crippen molar-refractivity contribution >= 4 is 11.2 Å². The second-order valence-electron chi connectivity index (χ2n) is 3.64. The maximum Gasteiger partial charge on any atom is 0.298 e. The van der Waals surface area contributed by atoms with Crippen LogP contribution in [0.2, 0.25) is 0 Å². The van der Waals surface area contributed by atoms with Crippen LogP contribution in [0.25, 0.3) is 11.2 Å². The summed E-state index contributed by atoms with van der Waals surface area (Å²) in [6, 6.07) is 2.67. The largest absolute Gasteiger partial charge is 0.465 e. The maximum atomic E-state index is 5.43. The van der Waals surface area contributed by atoms with E-state index in [9.17, 15) is 0 Å². The smallest absolute Gasteiger partial charge is 0.298 e. The number of rotatable bonds is 2. The third-order valence-electron chi connectivity index (χ3n) is 2.38. The van der Waals surface area contributed by atoms with E-state index in [1.54, 1.807) is 0 Å². The Balaban J connectivity index is 2.70. The third kappa shape index (κ3) is 1.56. The van der Waals surface area contributed by atoms with Gasteiger partial charge in [0.15, 0.2) is 5.65 Å². The molecule has 2 aromatic rings. The van der Waals surface area contributed by atoms with Gasteiger partial charge in [0.05, 0.1) is 6.61 Å². The molecule has 0 fully saturated rings. The molecule has 15 heavy (non-hydrogen) atoms. The molecule has 0 radical (unpaired) electrons. The molecule has 0 N–H and O–H groups in total. The van der Waals surface area contributed by atoms with Crippen LogP contribution in [0.4, 0.5) is 0 Å². The van der Waals surface area contributed by atoms with Crippen LogP contribution in [0.5, 0.6) is 6.01 Å². The standard InChI is InChI=1S/C11H15N3O/c1-5-15-11-13-9-7(2)6-8(3)12-10(9)14(11)4/h6H,5H2,1-4H3. The summed E-state index contributed by atoms with van der Waals surface area (Å²) in [6.45, 7) is 6.60. The van der Waals surface area contributed by atoms with Crippen molar-refractivity contribution in [2.75, 3.05) is 6.61 Å². The van der Waals surface area contributed by atoms with Crippen LogP contribution in [0.1, 0.15) is 18.2 Å². The lowest BCUT2D eigenvalue weighted by Gasteiger charge is -2.01. The quantitative estimate of drug-likeness (QED) is 0.752. The number of ether oxygens (including phenoxy) is 1. The van der Waals surface area contributed by atoms with Gasteiger partial charge in [-0.3, -0.25) is 4.57 Å². The Morgan fingerprint density at radius 2 is 2.07 bits per heavy atom. The molecule has 0 unspecified atom stereocenters. The summed E-state index contributed by atoms with van der Waals surface area (Å²) in [4.78, 5) is 8.88. The van der Waals surface area contributed by atoms with Gasteiger partial charge in [-0.05, 0) is 32.4 Å². The highest BCUT2D eigenvalue weighted by molar-refractivity contribution is 5.76. The number of aryl methyl sites for hydroxylation is 3. The molecule has 0 saturated carbocycles. The average molecular weight is 205 g/mol. The van der Waals surface area contributed by atoms with Gasteiger partial charge >= 0.3 is 0 Å². The highest BCUT2D eigenvalue weighted by atomic mass is 16.5. The van der Waals surface area contributed by atoms with Gasteiger partial charge in [0.2, 0.25) is 0 Å². The molecule has 0 amide bonds. The molecule has 0 aliphatic heterocycles. The monoisotopic (exact) mass is 205 g/mol. The predicted molar refractivity (Wildman–Crippen MR) is 59.2 cm³/mol. The van der Waals surface area contributed by atoms with Gasteiger partial charge in [-0.15, -0.1) is 0 Å². The molecule has 2 rings (SSSR count). The van der Waals surface area contributed by atoms with Crippen LogP contribution in [0.15, 0.2) is 6.07 Å². The lowest BCUT2D eigenvalue weighted by atomic mass is 10.2. The molecule has 0 spiro atoms. The SMILES string of the molecule is CCOc1nc2c(C)cc(C)nc2n1C. The van der Waals surface area contributed by atoms with Crippen molar-refractivity contribution in [2.45, 2.75) is 20.8 Å². The van der Waals surface area contributed by atoms with Crippen LogP contribution in [0, 0.1) is 13.8 Å². The summed E-state index contributed by atoms with van der Waals surface area (Å²) in [5, 5.41) is 0. The Morgan fingerprint density at radius 3 is 2.73 bits per heavy atom. The fourth-order valence-corrected chi connectivity index (χ4v) is 1.70. The van der Waals surface area contributed by atoms with Gasteiger partial charge in [0.25, 0.3) is 6.01 Å². The van der Waals surface area contributed by atoms with Crippen LogP contribution in [-0.2, 0) is 7.05 Å². The summed E-state index contributed by atoms with van der Waals surface area (Å²) in [5.41, 5.74) is 3.95. The number of nitrogens with zero attached hydrogens (tertiary/aromatic N) is 3. The fraction of sp³-hybridized carbons (Fsp3) is 0.455. The number of imidazole rings is 1. The number of hydrogen-bond donors (Lipinski definition) is 0. The van der Waals surface area contributed by atoms with Crippen molar-refractivity contribution in [1.29, 1.82) is 0 Å². The topological polar surface area (TPSA) is 39.9 Å². The Bertz CT molecular complexity index is 502. The third-order valence-corrected chi connectivity index (χ3v) is 2.38. The Morgan fingerprint density at radius 1 is 1.33 bits per heavy atom. The first-order chi connectivity index (χ1) is 7.13. The van der Waals surface area contributed by atoms with Gasteiger partial charge in [0, 0.05) is 12.7 Å². The molecule has 0 aliphatic rings. The Labute approximate surface area is 88.9 Å². The average Bonchev–Trinajstić information content (AvgIpc) is 2.47. The van der Waals surface area contributed by atoms with Gasteiger partial charge < -0.3 is 4.74 Å². The normalized spacial score (nSPS) is 10.9. The lowest BCUT2D eigenvalue weighted by Crippen LogP contribution is -1.99. The molecule has 0 bridgehead atoms. The zero-order valence-corrected chi connectivity index (χ0v) is 9.53. The van der Waals surface area contributed by atoms with Gasteiger partial charge in [-0.2, -0.15) is 4.98 Å². The molecule has 4 nitrogen and oxygen atoms in total. The summed E-state index contributed by atoms with van der Waals surface area (Å²) in [5.74, 6) is 0. The van der Waals surface area contributed by atoms with Crippen molar-refractivity contribution in [3.05, 3.63) is 17.3 Å². The number of fused-ring (bicyclic) bond motifs is 1. The highest BCUT2D eigenvalue weighted by Gasteiger charge is 2.11. The van der Waals surface area contributed by atoms with Crippen LogP contribution in [0.3, 0.4) is 0 Å². The van der Waals surface area contributed by atoms with Crippen molar-refractivity contribution < 1.29 is 4.74 Å². The first-order valence-corrected chi connectivity index (χ1v) is 5.07. The summed E-state index contributed by atoms with van der Waals surface area (Å²) in [7, 11) is 1.92. The van der Waals surface area contributed by atoms with Gasteiger partial charge in [-0.1, -0.05) is 0 Å². The van der Waals surface area contributed by atoms with E-state index in [4.69, 9.17) is 4.74 Å². The first kappa shape index (κ1) is 9.96. The van der Waals surface area contributed by atoms with Gasteiger partial charge in [0.1, 0.15) is 5.52 Å². The van der Waals surface area contributed by atoms with E-state index in [-0.39, 0.29) is 0 Å². The number of hydrogen-bond acceptors (Lipinski definition) is 3. The van der Waals surface area contributed by atoms with Crippen LogP contribution >= 0.6 is 0 Å². The van der Waals surface area contributed by atoms with E-state index >= 15 is 0 Å². The molecule has 2 heterocycles. The van der Waals surface area contributed by atoms with Crippen LogP contribution < -0.4 is 4.74 Å². The lowest BCUT2D eigenvalue weighted by molar-refractivity contribution is 0.304. The molecule has 2 aromatic heterocycles. The Hall–Kier alpha value is -1.58. The van der Waals surface area contributed by atoms with E-state index in [1.165, 1.54) is 0 Å². The zero-order chi connectivity index (χ0) is 11.0. The summed E-state index contributed by atoms with van der Waals surface area (Å²) >= 11 is 0. The maximum absolute atomic E-state index is 5.43. The second kappa shape index (κ2) is 3.53. The summed E-state index contributed by atoms with van der Waals surface area (Å²) < 4.78 is 7.32. The zero-order valence-electron chi connectivity index (χ0n) is 9.53. The molecule has 0 aliphatic carbocycles. The van der Waals surface area contributed by atoms with E-state index < -0.39 is 0 Å². The molecule has 80 valence electrons. The Kier molecular flexibility index (Phi) is 2.34. The van der Waals surface area contributed by atoms with Crippen molar-refractivity contribution in [2.24, 2.45) is 7.05 Å². The summed E-state index contributed by atoms with van der Waals surface area (Å²) in [6.07, 6.45) is 0. The number of aromatic nitrogens is 3. The first-order valence-electron chi connectivity index (χ1n) is 5.07. The molecule has 4 heteroatoms. The minimum absolute atomic E-state index is 0.620. The van der Waals surface area contributed by atoms with E-state index in [0.29, 0.717) is 12.6 Å². The highest BCUT2D eigenvalue weighted by Crippen LogP contribution is 2.21. The van der Waals surface area contributed by atoms with Gasteiger partial charge in [-0.25, -0.2) is 4.98 Å². The van der Waals surface area contributed by atoms with E-state index in [1.807, 2.05) is 38.5 Å².